The first kappa shape index (κ1) is 18.2. The lowest BCUT2D eigenvalue weighted by atomic mass is 9.68. The van der Waals surface area contributed by atoms with E-state index in [0.717, 1.165) is 0 Å². The minimum Gasteiger partial charge on any atom is -0.383 e. The van der Waals surface area contributed by atoms with Crippen molar-refractivity contribution in [3.05, 3.63) is 46.6 Å². The predicted molar refractivity (Wildman–Crippen MR) is 97.5 cm³/mol. The number of nitrogen functional groups attached to an aromatic ring is 1. The van der Waals surface area contributed by atoms with Gasteiger partial charge in [0.1, 0.15) is 34.9 Å². The summed E-state index contributed by atoms with van der Waals surface area (Å²) in [6, 6.07) is 8.15. The molecule has 0 saturated heterocycles. The molecule has 0 radical (unpaired) electrons. The van der Waals surface area contributed by atoms with Crippen LogP contribution in [0.3, 0.4) is 0 Å². The summed E-state index contributed by atoms with van der Waals surface area (Å²) in [5.41, 5.74) is 6.61. The molecule has 134 valence electrons. The smallest absolute Gasteiger partial charge is 0.146 e. The van der Waals surface area contributed by atoms with Crippen molar-refractivity contribution in [2.75, 3.05) is 5.73 Å². The van der Waals surface area contributed by atoms with Crippen LogP contribution in [-0.2, 0) is 9.59 Å². The fourth-order valence-corrected chi connectivity index (χ4v) is 3.70. The summed E-state index contributed by atoms with van der Waals surface area (Å²) in [6.45, 7) is 3.82. The van der Waals surface area contributed by atoms with Crippen LogP contribution >= 0.6 is 11.6 Å². The summed E-state index contributed by atoms with van der Waals surface area (Å²) in [5.74, 6) is -1.03. The zero-order chi connectivity index (χ0) is 19.1. The number of hydrogen-bond acceptors (Lipinski definition) is 5. The van der Waals surface area contributed by atoms with Crippen LogP contribution in [0.4, 0.5) is 5.82 Å². The molecule has 1 aliphatic carbocycles. The predicted octanol–water partition coefficient (Wildman–Crippen LogP) is 3.15. The number of Topliss-reactive ketones (excluding diaryl/α,β-unsaturated/α-hetero) is 2. The quantitative estimate of drug-likeness (QED) is 0.836. The molecule has 1 aliphatic rings. The lowest BCUT2D eigenvalue weighted by Crippen LogP contribution is -2.43. The van der Waals surface area contributed by atoms with Crippen molar-refractivity contribution >= 4 is 29.0 Å². The third-order valence-corrected chi connectivity index (χ3v) is 5.00. The summed E-state index contributed by atoms with van der Waals surface area (Å²) in [6.07, 6.45) is 1.96. The summed E-state index contributed by atoms with van der Waals surface area (Å²) in [7, 11) is 0. The summed E-state index contributed by atoms with van der Waals surface area (Å²) < 4.78 is 1.40. The number of benzene rings is 1. The van der Waals surface area contributed by atoms with Gasteiger partial charge < -0.3 is 5.73 Å². The maximum atomic E-state index is 12.9. The van der Waals surface area contributed by atoms with Crippen molar-refractivity contribution in [2.45, 2.75) is 32.7 Å². The lowest BCUT2D eigenvalue weighted by Gasteiger charge is -2.36. The number of halogens is 1. The average molecular weight is 371 g/mol. The van der Waals surface area contributed by atoms with Gasteiger partial charge in [0, 0.05) is 17.9 Å². The fraction of sp³-hybridized carbons (Fsp3) is 0.368. The molecular formula is C19H19ClN4O2. The second-order valence-corrected chi connectivity index (χ2v) is 7.86. The Morgan fingerprint density at radius 2 is 1.85 bits per heavy atom. The standard InChI is InChI=1S/C19H19ClN4O2/c1-19(2)7-14(25)16(15(26)8-19)17(11-3-5-13(20)6-4-11)24-18(22)12(9-21)10-23-24/h3-6,10,16-17H,7-8,22H2,1-2H3. The highest BCUT2D eigenvalue weighted by Gasteiger charge is 2.45. The minimum atomic E-state index is -0.891. The third-order valence-electron chi connectivity index (χ3n) is 4.74. The van der Waals surface area contributed by atoms with E-state index in [1.807, 2.05) is 19.9 Å². The molecule has 2 N–H and O–H groups in total. The van der Waals surface area contributed by atoms with E-state index in [-0.39, 0.29) is 28.4 Å². The number of carbonyl (C=O) groups excluding carboxylic acids is 2. The van der Waals surface area contributed by atoms with E-state index in [1.54, 1.807) is 24.3 Å². The molecule has 1 heterocycles. The number of carbonyl (C=O) groups is 2. The Balaban J connectivity index is 2.13. The largest absolute Gasteiger partial charge is 0.383 e. The Labute approximate surface area is 156 Å². The van der Waals surface area contributed by atoms with Crippen molar-refractivity contribution in [1.82, 2.24) is 9.78 Å². The van der Waals surface area contributed by atoms with Crippen LogP contribution in [0.1, 0.15) is 43.9 Å². The maximum Gasteiger partial charge on any atom is 0.146 e. The summed E-state index contributed by atoms with van der Waals surface area (Å²) >= 11 is 5.98. The van der Waals surface area contributed by atoms with E-state index in [4.69, 9.17) is 22.6 Å². The molecule has 3 rings (SSSR count). The molecule has 1 atom stereocenters. The number of anilines is 1. The van der Waals surface area contributed by atoms with Gasteiger partial charge in [-0.25, -0.2) is 4.68 Å². The minimum absolute atomic E-state index is 0.137. The summed E-state index contributed by atoms with van der Waals surface area (Å²) in [5, 5.41) is 13.9. The third kappa shape index (κ3) is 3.23. The Bertz CT molecular complexity index is 889. The zero-order valence-corrected chi connectivity index (χ0v) is 15.3. The molecule has 2 aromatic rings. The van der Waals surface area contributed by atoms with Gasteiger partial charge in [-0.2, -0.15) is 10.4 Å². The number of nitrogens with two attached hydrogens (primary N) is 1. The Morgan fingerprint density at radius 1 is 1.27 bits per heavy atom. The van der Waals surface area contributed by atoms with Gasteiger partial charge in [0.05, 0.1) is 12.2 Å². The molecule has 1 aromatic carbocycles. The van der Waals surface area contributed by atoms with Gasteiger partial charge in [0.25, 0.3) is 0 Å². The van der Waals surface area contributed by atoms with Crippen LogP contribution in [-0.4, -0.2) is 21.3 Å². The molecule has 26 heavy (non-hydrogen) atoms. The van der Waals surface area contributed by atoms with E-state index >= 15 is 0 Å². The Kier molecular flexibility index (Phi) is 4.59. The number of hydrogen-bond donors (Lipinski definition) is 1. The molecule has 0 bridgehead atoms. The van der Waals surface area contributed by atoms with E-state index < -0.39 is 12.0 Å². The molecule has 1 aromatic heterocycles. The van der Waals surface area contributed by atoms with Gasteiger partial charge >= 0.3 is 0 Å². The normalized spacial score (nSPS) is 18.5. The molecule has 1 unspecified atom stereocenters. The van der Waals surface area contributed by atoms with Crippen LogP contribution in [0.5, 0.6) is 0 Å². The number of nitriles is 1. The van der Waals surface area contributed by atoms with Crippen molar-refractivity contribution in [3.8, 4) is 6.07 Å². The average Bonchev–Trinajstić information content (AvgIpc) is 2.91. The van der Waals surface area contributed by atoms with Gasteiger partial charge in [-0.3, -0.25) is 9.59 Å². The SMILES string of the molecule is CC1(C)CC(=O)C(C(c2ccc(Cl)cc2)n2ncc(C#N)c2N)C(=O)C1. The van der Waals surface area contributed by atoms with Crippen LogP contribution in [0, 0.1) is 22.7 Å². The fourth-order valence-electron chi connectivity index (χ4n) is 3.57. The monoisotopic (exact) mass is 370 g/mol. The van der Waals surface area contributed by atoms with Crippen LogP contribution < -0.4 is 5.73 Å². The van der Waals surface area contributed by atoms with Gasteiger partial charge in [0.2, 0.25) is 0 Å². The Hall–Kier alpha value is -2.65. The molecule has 0 amide bonds. The molecule has 0 aliphatic heterocycles. The van der Waals surface area contributed by atoms with Crippen LogP contribution in [0.2, 0.25) is 5.02 Å². The van der Waals surface area contributed by atoms with Crippen molar-refractivity contribution in [1.29, 1.82) is 5.26 Å². The first-order valence-corrected chi connectivity index (χ1v) is 8.65. The number of nitrogens with zero attached hydrogens (tertiary/aromatic N) is 3. The topological polar surface area (TPSA) is 102 Å². The summed E-state index contributed by atoms with van der Waals surface area (Å²) in [4.78, 5) is 25.7. The van der Waals surface area contributed by atoms with E-state index in [9.17, 15) is 9.59 Å². The number of aromatic nitrogens is 2. The van der Waals surface area contributed by atoms with E-state index in [2.05, 4.69) is 5.10 Å². The second-order valence-electron chi connectivity index (χ2n) is 7.42. The number of ketones is 2. The van der Waals surface area contributed by atoms with E-state index in [1.165, 1.54) is 10.9 Å². The van der Waals surface area contributed by atoms with Crippen molar-refractivity contribution < 1.29 is 9.59 Å². The molecule has 0 spiro atoms. The lowest BCUT2D eigenvalue weighted by molar-refractivity contribution is -0.141. The van der Waals surface area contributed by atoms with Crippen molar-refractivity contribution in [3.63, 3.8) is 0 Å². The molecule has 7 heteroatoms. The highest BCUT2D eigenvalue weighted by Crippen LogP contribution is 2.41. The molecule has 1 saturated carbocycles. The Morgan fingerprint density at radius 3 is 2.35 bits per heavy atom. The molecule has 1 fully saturated rings. The van der Waals surface area contributed by atoms with Crippen LogP contribution in [0.15, 0.2) is 30.5 Å². The zero-order valence-electron chi connectivity index (χ0n) is 14.6. The highest BCUT2D eigenvalue weighted by molar-refractivity contribution is 6.30. The number of rotatable bonds is 3. The van der Waals surface area contributed by atoms with E-state index in [0.29, 0.717) is 23.4 Å². The molecular weight excluding hydrogens is 352 g/mol. The van der Waals surface area contributed by atoms with Crippen molar-refractivity contribution in [2.24, 2.45) is 11.3 Å². The van der Waals surface area contributed by atoms with Gasteiger partial charge in [-0.1, -0.05) is 37.6 Å². The highest BCUT2D eigenvalue weighted by atomic mass is 35.5. The van der Waals surface area contributed by atoms with Crippen LogP contribution in [0.25, 0.3) is 0 Å². The maximum absolute atomic E-state index is 12.9. The first-order chi connectivity index (χ1) is 12.2. The first-order valence-electron chi connectivity index (χ1n) is 8.27. The van der Waals surface area contributed by atoms with Gasteiger partial charge in [-0.05, 0) is 23.1 Å². The van der Waals surface area contributed by atoms with Gasteiger partial charge in [0.15, 0.2) is 0 Å². The molecule has 6 nitrogen and oxygen atoms in total. The second kappa shape index (κ2) is 6.58. The van der Waals surface area contributed by atoms with Gasteiger partial charge in [-0.15, -0.1) is 0 Å².